The number of rotatable bonds is 3. The van der Waals surface area contributed by atoms with Gasteiger partial charge in [0, 0.05) is 6.92 Å². The lowest BCUT2D eigenvalue weighted by molar-refractivity contribution is -0.140. The standard InChI is InChI=1S/C10H12O2S/c1-8(11)12-7-10(13)9-5-3-2-4-6-9/h2-6,10,13H,7H2,1H3. The van der Waals surface area contributed by atoms with Gasteiger partial charge in [0.2, 0.25) is 0 Å². The van der Waals surface area contributed by atoms with Gasteiger partial charge in [-0.2, -0.15) is 12.6 Å². The average Bonchev–Trinajstić information content (AvgIpc) is 2.15. The van der Waals surface area contributed by atoms with Crippen LogP contribution in [-0.2, 0) is 9.53 Å². The molecule has 0 radical (unpaired) electrons. The Morgan fingerprint density at radius 3 is 2.62 bits per heavy atom. The summed E-state index contributed by atoms with van der Waals surface area (Å²) in [5, 5.41) is -0.0369. The van der Waals surface area contributed by atoms with Gasteiger partial charge in [-0.25, -0.2) is 0 Å². The van der Waals surface area contributed by atoms with Crippen LogP contribution in [0.15, 0.2) is 30.3 Å². The molecule has 1 unspecified atom stereocenters. The first kappa shape index (κ1) is 10.1. The maximum Gasteiger partial charge on any atom is 0.302 e. The minimum absolute atomic E-state index is 0.0369. The molecule has 0 N–H and O–H groups in total. The summed E-state index contributed by atoms with van der Waals surface area (Å²) >= 11 is 4.32. The molecule has 0 aliphatic rings. The summed E-state index contributed by atoms with van der Waals surface area (Å²) in [6.45, 7) is 1.72. The Bertz CT molecular complexity index is 272. The van der Waals surface area contributed by atoms with Gasteiger partial charge >= 0.3 is 5.97 Å². The van der Waals surface area contributed by atoms with Gasteiger partial charge in [-0.3, -0.25) is 4.79 Å². The fraction of sp³-hybridized carbons (Fsp3) is 0.300. The highest BCUT2D eigenvalue weighted by molar-refractivity contribution is 7.80. The van der Waals surface area contributed by atoms with Gasteiger partial charge in [-0.05, 0) is 5.56 Å². The maximum absolute atomic E-state index is 10.5. The molecule has 70 valence electrons. The molecule has 0 saturated carbocycles. The van der Waals surface area contributed by atoms with Gasteiger partial charge < -0.3 is 4.74 Å². The molecular formula is C10H12O2S. The Morgan fingerprint density at radius 2 is 2.08 bits per heavy atom. The van der Waals surface area contributed by atoms with Crippen LogP contribution < -0.4 is 0 Å². The summed E-state index contributed by atoms with van der Waals surface area (Å²) in [4.78, 5) is 10.5. The molecule has 2 nitrogen and oxygen atoms in total. The van der Waals surface area contributed by atoms with E-state index in [1.165, 1.54) is 6.92 Å². The Morgan fingerprint density at radius 1 is 1.46 bits per heavy atom. The van der Waals surface area contributed by atoms with E-state index in [0.29, 0.717) is 6.61 Å². The van der Waals surface area contributed by atoms with Gasteiger partial charge in [-0.15, -0.1) is 0 Å². The molecule has 0 aliphatic carbocycles. The Labute approximate surface area is 83.3 Å². The number of hydrogen-bond acceptors (Lipinski definition) is 3. The van der Waals surface area contributed by atoms with E-state index in [4.69, 9.17) is 4.74 Å². The Kier molecular flexibility index (Phi) is 3.83. The van der Waals surface area contributed by atoms with Crippen LogP contribution in [0.3, 0.4) is 0 Å². The number of hydrogen-bond donors (Lipinski definition) is 1. The van der Waals surface area contributed by atoms with Crippen molar-refractivity contribution in [3.63, 3.8) is 0 Å². The minimum atomic E-state index is -0.269. The van der Waals surface area contributed by atoms with Crippen LogP contribution in [0, 0.1) is 0 Å². The second-order valence-electron chi connectivity index (χ2n) is 2.73. The molecule has 0 saturated heterocycles. The van der Waals surface area contributed by atoms with Crippen LogP contribution in [0.4, 0.5) is 0 Å². The smallest absolute Gasteiger partial charge is 0.302 e. The maximum atomic E-state index is 10.5. The van der Waals surface area contributed by atoms with Gasteiger partial charge in [-0.1, -0.05) is 30.3 Å². The average molecular weight is 196 g/mol. The van der Waals surface area contributed by atoms with Gasteiger partial charge in [0.05, 0.1) is 5.25 Å². The lowest BCUT2D eigenvalue weighted by atomic mass is 10.1. The van der Waals surface area contributed by atoms with E-state index in [-0.39, 0.29) is 11.2 Å². The van der Waals surface area contributed by atoms with Crippen LogP contribution in [-0.4, -0.2) is 12.6 Å². The van der Waals surface area contributed by atoms with E-state index in [9.17, 15) is 4.79 Å². The molecule has 13 heavy (non-hydrogen) atoms. The van der Waals surface area contributed by atoms with Gasteiger partial charge in [0.25, 0.3) is 0 Å². The van der Waals surface area contributed by atoms with Crippen LogP contribution in [0.1, 0.15) is 17.7 Å². The third-order valence-corrected chi connectivity index (χ3v) is 2.08. The molecule has 0 fully saturated rings. The third kappa shape index (κ3) is 3.51. The van der Waals surface area contributed by atoms with E-state index >= 15 is 0 Å². The largest absolute Gasteiger partial charge is 0.464 e. The lowest BCUT2D eigenvalue weighted by Crippen LogP contribution is -2.06. The van der Waals surface area contributed by atoms with E-state index in [2.05, 4.69) is 12.6 Å². The first-order valence-corrected chi connectivity index (χ1v) is 4.58. The molecule has 1 aromatic carbocycles. The van der Waals surface area contributed by atoms with Crippen LogP contribution in [0.5, 0.6) is 0 Å². The monoisotopic (exact) mass is 196 g/mol. The van der Waals surface area contributed by atoms with Crippen molar-refractivity contribution in [2.45, 2.75) is 12.2 Å². The van der Waals surface area contributed by atoms with Crippen molar-refractivity contribution in [3.8, 4) is 0 Å². The second kappa shape index (κ2) is 4.92. The molecule has 3 heteroatoms. The quantitative estimate of drug-likeness (QED) is 0.592. The number of ether oxygens (including phenoxy) is 1. The van der Waals surface area contributed by atoms with Crippen molar-refractivity contribution < 1.29 is 9.53 Å². The van der Waals surface area contributed by atoms with Crippen molar-refractivity contribution in [1.82, 2.24) is 0 Å². The normalized spacial score (nSPS) is 12.2. The van der Waals surface area contributed by atoms with Crippen molar-refractivity contribution in [3.05, 3.63) is 35.9 Å². The summed E-state index contributed by atoms with van der Waals surface area (Å²) in [6.07, 6.45) is 0. The van der Waals surface area contributed by atoms with E-state index in [0.717, 1.165) is 5.56 Å². The Balaban J connectivity index is 2.49. The van der Waals surface area contributed by atoms with Crippen LogP contribution in [0.2, 0.25) is 0 Å². The zero-order chi connectivity index (χ0) is 9.68. The van der Waals surface area contributed by atoms with Crippen molar-refractivity contribution in [2.75, 3.05) is 6.61 Å². The number of benzene rings is 1. The molecule has 0 bridgehead atoms. The first-order valence-electron chi connectivity index (χ1n) is 4.06. The van der Waals surface area contributed by atoms with Crippen molar-refractivity contribution in [2.24, 2.45) is 0 Å². The molecule has 1 rings (SSSR count). The second-order valence-corrected chi connectivity index (χ2v) is 3.35. The molecule has 1 aromatic rings. The number of carbonyl (C=O) groups is 1. The zero-order valence-corrected chi connectivity index (χ0v) is 8.33. The highest BCUT2D eigenvalue weighted by Crippen LogP contribution is 2.19. The number of carbonyl (C=O) groups excluding carboxylic acids is 1. The summed E-state index contributed by atoms with van der Waals surface area (Å²) in [5.74, 6) is -0.269. The zero-order valence-electron chi connectivity index (χ0n) is 7.43. The van der Waals surface area contributed by atoms with Crippen LogP contribution in [0.25, 0.3) is 0 Å². The topological polar surface area (TPSA) is 26.3 Å². The number of thiol groups is 1. The summed E-state index contributed by atoms with van der Waals surface area (Å²) < 4.78 is 4.84. The molecule has 0 heterocycles. The van der Waals surface area contributed by atoms with E-state index in [1.807, 2.05) is 30.3 Å². The van der Waals surface area contributed by atoms with Gasteiger partial charge in [0.1, 0.15) is 6.61 Å². The number of esters is 1. The van der Waals surface area contributed by atoms with Crippen molar-refractivity contribution >= 4 is 18.6 Å². The molecule has 0 aliphatic heterocycles. The van der Waals surface area contributed by atoms with Crippen LogP contribution >= 0.6 is 12.6 Å². The van der Waals surface area contributed by atoms with Gasteiger partial charge in [0.15, 0.2) is 0 Å². The molecule has 0 amide bonds. The lowest BCUT2D eigenvalue weighted by Gasteiger charge is -2.10. The fourth-order valence-electron chi connectivity index (χ4n) is 0.968. The highest BCUT2D eigenvalue weighted by Gasteiger charge is 2.06. The fourth-order valence-corrected chi connectivity index (χ4v) is 1.21. The summed E-state index contributed by atoms with van der Waals surface area (Å²) in [5.41, 5.74) is 1.06. The molecular weight excluding hydrogens is 184 g/mol. The minimum Gasteiger partial charge on any atom is -0.464 e. The van der Waals surface area contributed by atoms with E-state index in [1.54, 1.807) is 0 Å². The third-order valence-electron chi connectivity index (χ3n) is 1.63. The van der Waals surface area contributed by atoms with Crippen molar-refractivity contribution in [1.29, 1.82) is 0 Å². The summed E-state index contributed by atoms with van der Waals surface area (Å²) in [6, 6.07) is 9.73. The molecule has 0 aromatic heterocycles. The predicted molar refractivity (Wildman–Crippen MR) is 54.8 cm³/mol. The molecule has 1 atom stereocenters. The van der Waals surface area contributed by atoms with E-state index < -0.39 is 0 Å². The molecule has 0 spiro atoms. The SMILES string of the molecule is CC(=O)OCC(S)c1ccccc1. The predicted octanol–water partition coefficient (Wildman–Crippen LogP) is 2.22. The first-order chi connectivity index (χ1) is 6.20. The Hall–Kier alpha value is -0.960. The highest BCUT2D eigenvalue weighted by atomic mass is 32.1. The summed E-state index contributed by atoms with van der Waals surface area (Å²) in [7, 11) is 0.